The van der Waals surface area contributed by atoms with Crippen molar-refractivity contribution in [1.29, 1.82) is 0 Å². The predicted molar refractivity (Wildman–Crippen MR) is 78.5 cm³/mol. The van der Waals surface area contributed by atoms with E-state index in [9.17, 15) is 0 Å². The molecule has 20 heavy (non-hydrogen) atoms. The van der Waals surface area contributed by atoms with Gasteiger partial charge in [0.25, 0.3) is 0 Å². The van der Waals surface area contributed by atoms with E-state index in [4.69, 9.17) is 9.47 Å². The summed E-state index contributed by atoms with van der Waals surface area (Å²) in [7, 11) is 3.51. The first-order valence-electron chi connectivity index (χ1n) is 7.49. The number of ether oxygens (including phenoxy) is 2. The first kappa shape index (κ1) is 15.5. The van der Waals surface area contributed by atoms with Gasteiger partial charge in [-0.3, -0.25) is 0 Å². The minimum atomic E-state index is -0.220. The van der Waals surface area contributed by atoms with E-state index >= 15 is 0 Å². The van der Waals surface area contributed by atoms with Crippen LogP contribution >= 0.6 is 0 Å². The number of nitrogens with zero attached hydrogens (tertiary/aromatic N) is 1. The normalized spacial score (nSPS) is 26.9. The zero-order valence-corrected chi connectivity index (χ0v) is 12.9. The summed E-state index contributed by atoms with van der Waals surface area (Å²) in [5.41, 5.74) is 0.883. The molecule has 5 nitrogen and oxygen atoms in total. The van der Waals surface area contributed by atoms with Crippen LogP contribution in [0.15, 0.2) is 6.20 Å². The Kier molecular flexibility index (Phi) is 5.57. The SMILES string of the molecule is COCCNCc1cnc(C2(OC)CCCC(C)C2)[nH]1. The maximum atomic E-state index is 5.86. The van der Waals surface area contributed by atoms with Crippen molar-refractivity contribution in [3.63, 3.8) is 0 Å². The summed E-state index contributed by atoms with van der Waals surface area (Å²) in [6.07, 6.45) is 6.51. The molecule has 1 aromatic rings. The molecule has 2 rings (SSSR count). The van der Waals surface area contributed by atoms with Crippen LogP contribution in [0.5, 0.6) is 0 Å². The van der Waals surface area contributed by atoms with Gasteiger partial charge in [-0.1, -0.05) is 13.3 Å². The lowest BCUT2D eigenvalue weighted by atomic mass is 9.78. The fourth-order valence-electron chi connectivity index (χ4n) is 3.08. The van der Waals surface area contributed by atoms with Gasteiger partial charge in [0.05, 0.1) is 6.61 Å². The summed E-state index contributed by atoms with van der Waals surface area (Å²) in [6, 6.07) is 0. The molecule has 1 aliphatic rings. The maximum Gasteiger partial charge on any atom is 0.138 e. The molecule has 2 N–H and O–H groups in total. The number of aromatic nitrogens is 2. The molecule has 1 heterocycles. The Bertz CT molecular complexity index is 408. The molecule has 0 saturated heterocycles. The van der Waals surface area contributed by atoms with Crippen molar-refractivity contribution in [2.45, 2.75) is 44.8 Å². The van der Waals surface area contributed by atoms with Gasteiger partial charge in [0.2, 0.25) is 0 Å². The Balaban J connectivity index is 1.98. The van der Waals surface area contributed by atoms with Gasteiger partial charge >= 0.3 is 0 Å². The molecule has 0 aliphatic heterocycles. The molecular formula is C15H27N3O2. The highest BCUT2D eigenvalue weighted by molar-refractivity contribution is 5.10. The van der Waals surface area contributed by atoms with Gasteiger partial charge < -0.3 is 19.8 Å². The lowest BCUT2D eigenvalue weighted by molar-refractivity contribution is -0.0641. The number of rotatable bonds is 7. The predicted octanol–water partition coefficient (Wildman–Crippen LogP) is 2.20. The number of methoxy groups -OCH3 is 2. The fourth-order valence-corrected chi connectivity index (χ4v) is 3.08. The van der Waals surface area contributed by atoms with Crippen molar-refractivity contribution in [2.24, 2.45) is 5.92 Å². The molecule has 2 unspecified atom stereocenters. The number of hydrogen-bond donors (Lipinski definition) is 2. The summed E-state index contributed by atoms with van der Waals surface area (Å²) in [5, 5.41) is 3.32. The highest BCUT2D eigenvalue weighted by Gasteiger charge is 2.39. The summed E-state index contributed by atoms with van der Waals surface area (Å²) in [5.74, 6) is 1.67. The second-order valence-corrected chi connectivity index (χ2v) is 5.83. The molecule has 114 valence electrons. The van der Waals surface area contributed by atoms with Crippen LogP contribution in [0.3, 0.4) is 0 Å². The number of imidazole rings is 1. The average molecular weight is 281 g/mol. The summed E-state index contributed by atoms with van der Waals surface area (Å²) >= 11 is 0. The zero-order valence-electron chi connectivity index (χ0n) is 12.9. The third-order valence-electron chi connectivity index (χ3n) is 4.20. The number of aromatic amines is 1. The molecule has 0 amide bonds. The van der Waals surface area contributed by atoms with Crippen LogP contribution in [0.2, 0.25) is 0 Å². The third kappa shape index (κ3) is 3.59. The van der Waals surface area contributed by atoms with Crippen LogP contribution < -0.4 is 5.32 Å². The monoisotopic (exact) mass is 281 g/mol. The molecule has 1 saturated carbocycles. The van der Waals surface area contributed by atoms with E-state index in [0.717, 1.165) is 44.1 Å². The minimum Gasteiger partial charge on any atom is -0.383 e. The largest absolute Gasteiger partial charge is 0.383 e. The van der Waals surface area contributed by atoms with E-state index in [0.29, 0.717) is 5.92 Å². The minimum absolute atomic E-state index is 0.220. The van der Waals surface area contributed by atoms with E-state index in [-0.39, 0.29) is 5.60 Å². The number of nitrogens with one attached hydrogen (secondary N) is 2. The quantitative estimate of drug-likeness (QED) is 0.752. The molecule has 0 aromatic carbocycles. The van der Waals surface area contributed by atoms with Crippen LogP contribution in [0, 0.1) is 5.92 Å². The molecule has 0 bridgehead atoms. The third-order valence-corrected chi connectivity index (χ3v) is 4.20. The lowest BCUT2D eigenvalue weighted by Gasteiger charge is -2.37. The van der Waals surface area contributed by atoms with Gasteiger partial charge in [-0.25, -0.2) is 4.98 Å². The fraction of sp³-hybridized carbons (Fsp3) is 0.800. The Hall–Kier alpha value is -0.910. The molecule has 1 fully saturated rings. The zero-order chi connectivity index (χ0) is 14.4. The van der Waals surface area contributed by atoms with Crippen LogP contribution in [0.25, 0.3) is 0 Å². The van der Waals surface area contributed by atoms with Crippen molar-refractivity contribution in [3.8, 4) is 0 Å². The van der Waals surface area contributed by atoms with Gasteiger partial charge in [-0.15, -0.1) is 0 Å². The molecule has 1 aliphatic carbocycles. The van der Waals surface area contributed by atoms with E-state index in [1.807, 2.05) is 6.20 Å². The van der Waals surface area contributed by atoms with Gasteiger partial charge in [0.15, 0.2) is 0 Å². The van der Waals surface area contributed by atoms with Gasteiger partial charge in [0, 0.05) is 39.2 Å². The van der Waals surface area contributed by atoms with Gasteiger partial charge in [0.1, 0.15) is 11.4 Å². The van der Waals surface area contributed by atoms with E-state index in [1.54, 1.807) is 14.2 Å². The van der Waals surface area contributed by atoms with E-state index in [2.05, 4.69) is 22.2 Å². The van der Waals surface area contributed by atoms with E-state index < -0.39 is 0 Å². The van der Waals surface area contributed by atoms with Crippen LogP contribution in [-0.4, -0.2) is 37.3 Å². The Morgan fingerprint density at radius 1 is 1.50 bits per heavy atom. The molecule has 0 spiro atoms. The van der Waals surface area contributed by atoms with Crippen LogP contribution in [0.4, 0.5) is 0 Å². The van der Waals surface area contributed by atoms with Crippen LogP contribution in [0.1, 0.15) is 44.1 Å². The molecular weight excluding hydrogens is 254 g/mol. The summed E-state index contributed by atoms with van der Waals surface area (Å²) < 4.78 is 10.9. The highest BCUT2D eigenvalue weighted by Crippen LogP contribution is 2.41. The van der Waals surface area contributed by atoms with Gasteiger partial charge in [-0.05, 0) is 25.2 Å². The average Bonchev–Trinajstić information content (AvgIpc) is 2.93. The second kappa shape index (κ2) is 7.20. The van der Waals surface area contributed by atoms with Crippen LogP contribution in [-0.2, 0) is 21.6 Å². The smallest absolute Gasteiger partial charge is 0.138 e. The Morgan fingerprint density at radius 3 is 3.05 bits per heavy atom. The molecule has 1 aromatic heterocycles. The second-order valence-electron chi connectivity index (χ2n) is 5.83. The van der Waals surface area contributed by atoms with Crippen molar-refractivity contribution < 1.29 is 9.47 Å². The first-order valence-corrected chi connectivity index (χ1v) is 7.49. The molecule has 2 atom stereocenters. The number of H-pyrrole nitrogens is 1. The topological polar surface area (TPSA) is 59.2 Å². The molecule has 0 radical (unpaired) electrons. The number of hydrogen-bond acceptors (Lipinski definition) is 4. The standard InChI is InChI=1S/C15H27N3O2/c1-12-5-4-6-15(9-12,20-3)14-17-11-13(18-14)10-16-7-8-19-2/h11-12,16H,4-10H2,1-3H3,(H,17,18). The summed E-state index contributed by atoms with van der Waals surface area (Å²) in [4.78, 5) is 8.00. The van der Waals surface area contributed by atoms with Crippen molar-refractivity contribution in [3.05, 3.63) is 17.7 Å². The lowest BCUT2D eigenvalue weighted by Crippen LogP contribution is -2.35. The summed E-state index contributed by atoms with van der Waals surface area (Å²) in [6.45, 7) is 4.65. The van der Waals surface area contributed by atoms with Crippen molar-refractivity contribution >= 4 is 0 Å². The van der Waals surface area contributed by atoms with Crippen molar-refractivity contribution in [2.75, 3.05) is 27.4 Å². The maximum absolute atomic E-state index is 5.86. The molecule has 5 heteroatoms. The first-order chi connectivity index (χ1) is 9.70. The highest BCUT2D eigenvalue weighted by atomic mass is 16.5. The van der Waals surface area contributed by atoms with Crippen molar-refractivity contribution in [1.82, 2.24) is 15.3 Å². The Morgan fingerprint density at radius 2 is 2.35 bits per heavy atom. The van der Waals surface area contributed by atoms with E-state index in [1.165, 1.54) is 12.8 Å². The Labute approximate surface area is 121 Å². The van der Waals surface area contributed by atoms with Gasteiger partial charge in [-0.2, -0.15) is 0 Å².